The first-order chi connectivity index (χ1) is 14.5. The van der Waals surface area contributed by atoms with E-state index in [9.17, 15) is 0 Å². The van der Waals surface area contributed by atoms with Crippen LogP contribution in [0.1, 0.15) is 16.7 Å². The minimum atomic E-state index is 0.957. The Labute approximate surface area is 179 Å². The Morgan fingerprint density at radius 1 is 0.767 bits per heavy atom. The second kappa shape index (κ2) is 6.16. The molecule has 0 N–H and O–H groups in total. The normalized spacial score (nSPS) is 12.0. The molecule has 0 unspecified atom stereocenters. The highest BCUT2D eigenvalue weighted by atomic mass is 32.1. The molecule has 3 heterocycles. The lowest BCUT2D eigenvalue weighted by Gasteiger charge is -2.06. The van der Waals surface area contributed by atoms with Crippen LogP contribution in [0.3, 0.4) is 0 Å². The van der Waals surface area contributed by atoms with E-state index in [0.29, 0.717) is 0 Å². The third-order valence-electron chi connectivity index (χ3n) is 6.23. The molecule has 0 aliphatic rings. The van der Waals surface area contributed by atoms with Crippen LogP contribution in [0, 0.1) is 20.8 Å². The molecule has 0 atom stereocenters. The van der Waals surface area contributed by atoms with E-state index in [0.717, 1.165) is 11.2 Å². The van der Waals surface area contributed by atoms with Gasteiger partial charge in [0.1, 0.15) is 22.9 Å². The van der Waals surface area contributed by atoms with Crippen LogP contribution in [-0.4, -0.2) is 0 Å². The van der Waals surface area contributed by atoms with Crippen molar-refractivity contribution in [1.29, 1.82) is 0 Å². The predicted octanol–water partition coefficient (Wildman–Crippen LogP) is 7.37. The van der Waals surface area contributed by atoms with Gasteiger partial charge in [-0.2, -0.15) is 4.57 Å². The molecule has 0 fully saturated rings. The van der Waals surface area contributed by atoms with Gasteiger partial charge in [0.2, 0.25) is 5.69 Å². The Bertz CT molecular complexity index is 1630. The zero-order valence-electron chi connectivity index (χ0n) is 17.5. The number of hydrogen-bond donors (Lipinski definition) is 0. The van der Waals surface area contributed by atoms with Crippen molar-refractivity contribution in [2.45, 2.75) is 20.8 Å². The summed E-state index contributed by atoms with van der Waals surface area (Å²) in [6.45, 7) is 6.49. The number of thiophene rings is 1. The van der Waals surface area contributed by atoms with Gasteiger partial charge < -0.3 is 4.42 Å². The molecular formula is C27H22NOS+. The van der Waals surface area contributed by atoms with Crippen LogP contribution in [0.15, 0.2) is 65.2 Å². The molecule has 6 aromatic rings. The highest BCUT2D eigenvalue weighted by Gasteiger charge is 2.25. The summed E-state index contributed by atoms with van der Waals surface area (Å²) in [7, 11) is 2.14. The molecule has 0 amide bonds. The summed E-state index contributed by atoms with van der Waals surface area (Å²) in [5, 5.41) is 5.01. The monoisotopic (exact) mass is 408 g/mol. The molecular weight excluding hydrogens is 386 g/mol. The minimum absolute atomic E-state index is 0.957. The van der Waals surface area contributed by atoms with Crippen LogP contribution in [-0.2, 0) is 7.05 Å². The summed E-state index contributed by atoms with van der Waals surface area (Å²) in [5.41, 5.74) is 8.14. The number of fused-ring (bicyclic) bond motifs is 6. The second-order valence-electron chi connectivity index (χ2n) is 8.31. The van der Waals surface area contributed by atoms with Crippen molar-refractivity contribution >= 4 is 53.4 Å². The van der Waals surface area contributed by atoms with Crippen LogP contribution in [0.4, 0.5) is 0 Å². The van der Waals surface area contributed by atoms with E-state index in [1.165, 1.54) is 58.9 Å². The largest absolute Gasteiger partial charge is 0.455 e. The van der Waals surface area contributed by atoms with Crippen LogP contribution >= 0.6 is 11.3 Å². The van der Waals surface area contributed by atoms with Gasteiger partial charge in [0.05, 0.1) is 5.56 Å². The first kappa shape index (κ1) is 17.7. The average Bonchev–Trinajstić information content (AvgIpc) is 3.27. The molecule has 2 nitrogen and oxygen atoms in total. The van der Waals surface area contributed by atoms with Crippen molar-refractivity contribution in [3.8, 4) is 11.3 Å². The van der Waals surface area contributed by atoms with Gasteiger partial charge in [-0.1, -0.05) is 42.5 Å². The van der Waals surface area contributed by atoms with Crippen molar-refractivity contribution in [2.75, 3.05) is 0 Å². The van der Waals surface area contributed by atoms with E-state index in [-0.39, 0.29) is 0 Å². The van der Waals surface area contributed by atoms with E-state index in [1.54, 1.807) is 0 Å². The number of benzene rings is 3. The van der Waals surface area contributed by atoms with Crippen LogP contribution in [0.5, 0.6) is 0 Å². The fourth-order valence-electron chi connectivity index (χ4n) is 4.67. The number of pyridine rings is 1. The lowest BCUT2D eigenvalue weighted by Crippen LogP contribution is -2.30. The number of hydrogen-bond acceptors (Lipinski definition) is 2. The molecule has 0 bridgehead atoms. The van der Waals surface area contributed by atoms with E-state index in [4.69, 9.17) is 4.42 Å². The van der Waals surface area contributed by atoms with Crippen LogP contribution in [0.25, 0.3) is 53.4 Å². The average molecular weight is 409 g/mol. The Balaban J connectivity index is 1.81. The first-order valence-electron chi connectivity index (χ1n) is 10.3. The maximum Gasteiger partial charge on any atom is 0.234 e. The molecule has 6 rings (SSSR count). The Morgan fingerprint density at radius 3 is 2.43 bits per heavy atom. The Morgan fingerprint density at radius 2 is 1.57 bits per heavy atom. The van der Waals surface area contributed by atoms with Crippen molar-refractivity contribution in [3.05, 3.63) is 77.5 Å². The van der Waals surface area contributed by atoms with Gasteiger partial charge in [-0.3, -0.25) is 0 Å². The van der Waals surface area contributed by atoms with Crippen molar-refractivity contribution in [2.24, 2.45) is 7.05 Å². The molecule has 0 aliphatic heterocycles. The number of furan rings is 1. The summed E-state index contributed by atoms with van der Waals surface area (Å²) in [4.78, 5) is 0. The fourth-order valence-corrected chi connectivity index (χ4v) is 6.02. The third-order valence-corrected chi connectivity index (χ3v) is 7.59. The van der Waals surface area contributed by atoms with Gasteiger partial charge in [-0.25, -0.2) is 0 Å². The lowest BCUT2D eigenvalue weighted by molar-refractivity contribution is -0.659. The maximum atomic E-state index is 6.49. The highest BCUT2D eigenvalue weighted by Crippen LogP contribution is 2.43. The van der Waals surface area contributed by atoms with Gasteiger partial charge in [0.25, 0.3) is 0 Å². The minimum Gasteiger partial charge on any atom is -0.455 e. The van der Waals surface area contributed by atoms with Crippen LogP contribution in [0.2, 0.25) is 0 Å². The van der Waals surface area contributed by atoms with E-state index < -0.39 is 0 Å². The lowest BCUT2D eigenvalue weighted by atomic mass is 9.99. The van der Waals surface area contributed by atoms with E-state index >= 15 is 0 Å². The summed E-state index contributed by atoms with van der Waals surface area (Å²) in [5.74, 6) is 0. The standard InChI is InChI=1S/C27H22NOS/c1-15-8-10-18-19-11-9-16(2)23(25(19)29-22(18)14-15)24-27-21(12-13-28(24)4)20-7-5-6-17(3)26(20)30-27/h5-14H,1-4H3/q+1. The van der Waals surface area contributed by atoms with Gasteiger partial charge in [0.15, 0.2) is 6.20 Å². The van der Waals surface area contributed by atoms with Gasteiger partial charge >= 0.3 is 0 Å². The quantitative estimate of drug-likeness (QED) is 0.260. The Hall–Kier alpha value is -3.17. The molecule has 146 valence electrons. The summed E-state index contributed by atoms with van der Waals surface area (Å²) < 4.78 is 11.4. The van der Waals surface area contributed by atoms with Gasteiger partial charge in [-0.15, -0.1) is 11.3 Å². The molecule has 3 heteroatoms. The van der Waals surface area contributed by atoms with E-state index in [2.05, 4.69) is 93.2 Å². The zero-order chi connectivity index (χ0) is 20.6. The molecule has 30 heavy (non-hydrogen) atoms. The third kappa shape index (κ3) is 2.33. The van der Waals surface area contributed by atoms with Crippen molar-refractivity contribution < 1.29 is 8.98 Å². The highest BCUT2D eigenvalue weighted by molar-refractivity contribution is 7.26. The number of aryl methyl sites for hydroxylation is 4. The molecule has 0 saturated heterocycles. The van der Waals surface area contributed by atoms with Crippen molar-refractivity contribution in [3.63, 3.8) is 0 Å². The predicted molar refractivity (Wildman–Crippen MR) is 127 cm³/mol. The molecule has 0 spiro atoms. The fraction of sp³-hybridized carbons (Fsp3) is 0.148. The smallest absolute Gasteiger partial charge is 0.234 e. The molecule has 0 radical (unpaired) electrons. The summed E-state index contributed by atoms with van der Waals surface area (Å²) >= 11 is 1.89. The summed E-state index contributed by atoms with van der Waals surface area (Å²) in [6.07, 6.45) is 2.18. The molecule has 0 saturated carbocycles. The first-order valence-corrected chi connectivity index (χ1v) is 11.1. The van der Waals surface area contributed by atoms with E-state index in [1.807, 2.05) is 11.3 Å². The number of rotatable bonds is 1. The summed E-state index contributed by atoms with van der Waals surface area (Å²) in [6, 6.07) is 19.7. The second-order valence-corrected chi connectivity index (χ2v) is 9.33. The number of aromatic nitrogens is 1. The van der Waals surface area contributed by atoms with Gasteiger partial charge in [-0.05, 0) is 43.5 Å². The Kier molecular flexibility index (Phi) is 3.63. The topological polar surface area (TPSA) is 17.0 Å². The molecule has 3 aromatic carbocycles. The van der Waals surface area contributed by atoms with Crippen molar-refractivity contribution in [1.82, 2.24) is 0 Å². The number of nitrogens with zero attached hydrogens (tertiary/aromatic N) is 1. The molecule has 3 aromatic heterocycles. The molecule has 0 aliphatic carbocycles. The van der Waals surface area contributed by atoms with Crippen LogP contribution < -0.4 is 4.57 Å². The maximum absolute atomic E-state index is 6.49. The zero-order valence-corrected chi connectivity index (χ0v) is 18.4. The SMILES string of the molecule is Cc1ccc2c(c1)oc1c(-c3c4sc5c(C)cccc5c4cc[n+]3C)c(C)ccc12. The van der Waals surface area contributed by atoms with Gasteiger partial charge in [0, 0.05) is 32.3 Å².